The maximum Gasteiger partial charge on any atom is 0.253 e. The number of benzene rings is 1. The molecule has 1 N–H and O–H groups in total. The molecule has 0 bridgehead atoms. The average molecular weight is 432 g/mol. The van der Waals surface area contributed by atoms with Crippen LogP contribution in [0.1, 0.15) is 59.5 Å². The number of aromatic nitrogens is 3. The second-order valence-corrected chi connectivity index (χ2v) is 9.41. The standard InChI is InChI=1S/C26H33N5O/c1-19-15-22(24-25(28-19)31-14-7-3-6-12-23(31)29-24)26(32)27-16-21-11-8-13-30(18-21)17-20-9-4-2-5-10-20/h2,4-5,9-10,15,21H,3,6-8,11-14,16-18H2,1H3,(H,27,32). The van der Waals surface area contributed by atoms with E-state index in [1.165, 1.54) is 18.4 Å². The fourth-order valence-corrected chi connectivity index (χ4v) is 5.22. The van der Waals surface area contributed by atoms with Gasteiger partial charge in [0, 0.05) is 38.3 Å². The summed E-state index contributed by atoms with van der Waals surface area (Å²) < 4.78 is 2.23. The van der Waals surface area contributed by atoms with E-state index in [0.717, 1.165) is 74.5 Å². The van der Waals surface area contributed by atoms with Gasteiger partial charge in [0.25, 0.3) is 5.91 Å². The van der Waals surface area contributed by atoms with Crippen molar-refractivity contribution in [2.75, 3.05) is 19.6 Å². The van der Waals surface area contributed by atoms with E-state index in [1.807, 2.05) is 13.0 Å². The van der Waals surface area contributed by atoms with Gasteiger partial charge in [0.15, 0.2) is 5.65 Å². The molecular weight excluding hydrogens is 398 g/mol. The van der Waals surface area contributed by atoms with Crippen molar-refractivity contribution in [2.45, 2.75) is 58.5 Å². The van der Waals surface area contributed by atoms with Crippen molar-refractivity contribution >= 4 is 17.1 Å². The van der Waals surface area contributed by atoms with Crippen LogP contribution in [0.4, 0.5) is 0 Å². The minimum absolute atomic E-state index is 0.0195. The van der Waals surface area contributed by atoms with Crippen LogP contribution in [0.3, 0.4) is 0 Å². The molecule has 1 amide bonds. The van der Waals surface area contributed by atoms with Crippen LogP contribution in [0.5, 0.6) is 0 Å². The second-order valence-electron chi connectivity index (χ2n) is 9.41. The van der Waals surface area contributed by atoms with Crippen molar-refractivity contribution in [3.63, 3.8) is 0 Å². The normalized spacial score (nSPS) is 19.5. The number of nitrogens with one attached hydrogen (secondary N) is 1. The highest BCUT2D eigenvalue weighted by Gasteiger charge is 2.23. The molecule has 0 saturated carbocycles. The Kier molecular flexibility index (Phi) is 6.21. The maximum atomic E-state index is 13.2. The molecule has 0 spiro atoms. The van der Waals surface area contributed by atoms with Crippen molar-refractivity contribution < 1.29 is 4.79 Å². The molecule has 4 heterocycles. The summed E-state index contributed by atoms with van der Waals surface area (Å²) in [6, 6.07) is 12.5. The maximum absolute atomic E-state index is 13.2. The third-order valence-electron chi connectivity index (χ3n) is 6.84. The van der Waals surface area contributed by atoms with Gasteiger partial charge in [-0.05, 0) is 56.7 Å². The number of piperidine rings is 1. The smallest absolute Gasteiger partial charge is 0.253 e. The molecule has 2 aliphatic rings. The molecule has 1 unspecified atom stereocenters. The predicted molar refractivity (Wildman–Crippen MR) is 127 cm³/mol. The summed E-state index contributed by atoms with van der Waals surface area (Å²) in [4.78, 5) is 25.3. The Morgan fingerprint density at radius 1 is 1.09 bits per heavy atom. The van der Waals surface area contributed by atoms with Crippen LogP contribution in [-0.2, 0) is 19.5 Å². The number of hydrogen-bond donors (Lipinski definition) is 1. The number of nitrogens with zero attached hydrogens (tertiary/aromatic N) is 4. The van der Waals surface area contributed by atoms with Crippen molar-refractivity contribution in [3.8, 4) is 0 Å². The van der Waals surface area contributed by atoms with Gasteiger partial charge in [-0.15, -0.1) is 0 Å². The summed E-state index contributed by atoms with van der Waals surface area (Å²) in [7, 11) is 0. The molecule has 0 aliphatic carbocycles. The lowest BCUT2D eigenvalue weighted by molar-refractivity contribution is 0.0932. The topological polar surface area (TPSA) is 63.1 Å². The van der Waals surface area contributed by atoms with Gasteiger partial charge < -0.3 is 9.88 Å². The zero-order valence-electron chi connectivity index (χ0n) is 19.0. The second kappa shape index (κ2) is 9.41. The molecule has 5 rings (SSSR count). The highest BCUT2D eigenvalue weighted by molar-refractivity contribution is 6.04. The number of imidazole rings is 1. The number of aryl methyl sites for hydroxylation is 3. The van der Waals surface area contributed by atoms with Crippen LogP contribution in [0, 0.1) is 12.8 Å². The number of hydrogen-bond acceptors (Lipinski definition) is 4. The Balaban J connectivity index is 1.27. The zero-order chi connectivity index (χ0) is 21.9. The van der Waals surface area contributed by atoms with Crippen LogP contribution in [0.2, 0.25) is 0 Å². The Morgan fingerprint density at radius 3 is 2.84 bits per heavy atom. The lowest BCUT2D eigenvalue weighted by Gasteiger charge is -2.32. The van der Waals surface area contributed by atoms with Gasteiger partial charge in [0.1, 0.15) is 11.3 Å². The monoisotopic (exact) mass is 431 g/mol. The van der Waals surface area contributed by atoms with Gasteiger partial charge >= 0.3 is 0 Å². The number of rotatable bonds is 5. The van der Waals surface area contributed by atoms with Crippen LogP contribution < -0.4 is 5.32 Å². The Hall–Kier alpha value is -2.73. The summed E-state index contributed by atoms with van der Waals surface area (Å²) in [6.45, 7) is 6.76. The van der Waals surface area contributed by atoms with Gasteiger partial charge in [0.2, 0.25) is 0 Å². The molecular formula is C26H33N5O. The van der Waals surface area contributed by atoms with E-state index in [1.54, 1.807) is 0 Å². The van der Waals surface area contributed by atoms with Crippen LogP contribution >= 0.6 is 0 Å². The average Bonchev–Trinajstić information content (AvgIpc) is 2.98. The van der Waals surface area contributed by atoms with Gasteiger partial charge in [0.05, 0.1) is 5.56 Å². The number of carbonyl (C=O) groups is 1. The molecule has 168 valence electrons. The zero-order valence-corrected chi connectivity index (χ0v) is 19.0. The largest absolute Gasteiger partial charge is 0.352 e. The van der Waals surface area contributed by atoms with Crippen molar-refractivity contribution in [3.05, 3.63) is 59.0 Å². The molecule has 6 heteroatoms. The van der Waals surface area contributed by atoms with Crippen LogP contribution in [0.15, 0.2) is 36.4 Å². The lowest BCUT2D eigenvalue weighted by atomic mass is 9.97. The molecule has 1 aromatic carbocycles. The van der Waals surface area contributed by atoms with Gasteiger partial charge in [-0.2, -0.15) is 0 Å². The highest BCUT2D eigenvalue weighted by atomic mass is 16.1. The fraction of sp³-hybridized carbons (Fsp3) is 0.500. The molecule has 32 heavy (non-hydrogen) atoms. The molecule has 2 aromatic heterocycles. The molecule has 6 nitrogen and oxygen atoms in total. The lowest BCUT2D eigenvalue weighted by Crippen LogP contribution is -2.40. The van der Waals surface area contributed by atoms with Crippen molar-refractivity contribution in [2.24, 2.45) is 5.92 Å². The molecule has 2 aliphatic heterocycles. The summed E-state index contributed by atoms with van der Waals surface area (Å²) in [5, 5.41) is 3.22. The van der Waals surface area contributed by atoms with Crippen LogP contribution in [0.25, 0.3) is 11.2 Å². The van der Waals surface area contributed by atoms with Crippen LogP contribution in [-0.4, -0.2) is 45.0 Å². The van der Waals surface area contributed by atoms with Gasteiger partial charge in [-0.1, -0.05) is 36.8 Å². The number of amides is 1. The minimum atomic E-state index is -0.0195. The molecule has 0 radical (unpaired) electrons. The third kappa shape index (κ3) is 4.56. The Labute approximate surface area is 190 Å². The van der Waals surface area contributed by atoms with E-state index in [0.29, 0.717) is 18.0 Å². The Bertz CT molecular complexity index is 1090. The summed E-state index contributed by atoms with van der Waals surface area (Å²) >= 11 is 0. The summed E-state index contributed by atoms with van der Waals surface area (Å²) in [5.41, 5.74) is 4.54. The van der Waals surface area contributed by atoms with E-state index in [4.69, 9.17) is 9.97 Å². The summed E-state index contributed by atoms with van der Waals surface area (Å²) in [6.07, 6.45) is 6.85. The first kappa shape index (κ1) is 21.1. The number of likely N-dealkylation sites (tertiary alicyclic amines) is 1. The van der Waals surface area contributed by atoms with E-state index in [9.17, 15) is 4.79 Å². The molecule has 1 atom stereocenters. The quantitative estimate of drug-likeness (QED) is 0.660. The van der Waals surface area contributed by atoms with E-state index in [-0.39, 0.29) is 5.91 Å². The molecule has 1 saturated heterocycles. The van der Waals surface area contributed by atoms with Crippen molar-refractivity contribution in [1.29, 1.82) is 0 Å². The van der Waals surface area contributed by atoms with Crippen molar-refractivity contribution in [1.82, 2.24) is 24.8 Å². The van der Waals surface area contributed by atoms with E-state index >= 15 is 0 Å². The van der Waals surface area contributed by atoms with Gasteiger partial charge in [-0.3, -0.25) is 9.69 Å². The number of carbonyl (C=O) groups excluding carboxylic acids is 1. The molecule has 1 fully saturated rings. The van der Waals surface area contributed by atoms with E-state index < -0.39 is 0 Å². The summed E-state index contributed by atoms with van der Waals surface area (Å²) in [5.74, 6) is 1.54. The first-order valence-corrected chi connectivity index (χ1v) is 12.1. The molecule has 3 aromatic rings. The van der Waals surface area contributed by atoms with E-state index in [2.05, 4.69) is 45.1 Å². The fourth-order valence-electron chi connectivity index (χ4n) is 5.22. The highest BCUT2D eigenvalue weighted by Crippen LogP contribution is 2.24. The first-order valence-electron chi connectivity index (χ1n) is 12.1. The minimum Gasteiger partial charge on any atom is -0.352 e. The van der Waals surface area contributed by atoms with Gasteiger partial charge in [-0.25, -0.2) is 9.97 Å². The first-order chi connectivity index (χ1) is 15.7. The number of pyridine rings is 1. The third-order valence-corrected chi connectivity index (χ3v) is 6.84. The SMILES string of the molecule is Cc1cc(C(=O)NCC2CCCN(Cc3ccccc3)C2)c2nc3n(c2n1)CCCCC3. The Morgan fingerprint density at radius 2 is 1.97 bits per heavy atom. The number of fused-ring (bicyclic) bond motifs is 3. The predicted octanol–water partition coefficient (Wildman–Crippen LogP) is 4.11.